The number of hydrogen-bond acceptors (Lipinski definition) is 5. The molecule has 1 aliphatic rings. The number of piperidine rings is 1. The van der Waals surface area contributed by atoms with E-state index >= 15 is 0 Å². The molecular weight excluding hydrogens is 328 g/mol. The van der Waals surface area contributed by atoms with Crippen LogP contribution in [0.3, 0.4) is 0 Å². The summed E-state index contributed by atoms with van der Waals surface area (Å²) in [6.07, 6.45) is 2.41. The molecule has 1 aliphatic heterocycles. The van der Waals surface area contributed by atoms with Gasteiger partial charge in [0, 0.05) is 31.6 Å². The minimum atomic E-state index is -3.40. The molecule has 1 heterocycles. The molecule has 0 bridgehead atoms. The van der Waals surface area contributed by atoms with E-state index in [4.69, 9.17) is 9.47 Å². The maximum Gasteiger partial charge on any atom is 0.234 e. The second-order valence-electron chi connectivity index (χ2n) is 6.24. The number of anilines is 2. The normalized spacial score (nSPS) is 16.3. The Kier molecular flexibility index (Phi) is 7.33. The highest BCUT2D eigenvalue weighted by Crippen LogP contribution is 2.24. The van der Waals surface area contributed by atoms with Crippen LogP contribution < -0.4 is 9.62 Å². The van der Waals surface area contributed by atoms with Gasteiger partial charge in [0.1, 0.15) is 0 Å². The molecule has 24 heavy (non-hydrogen) atoms. The van der Waals surface area contributed by atoms with Crippen molar-refractivity contribution in [3.63, 3.8) is 0 Å². The molecule has 0 unspecified atom stereocenters. The molecule has 0 spiro atoms. The first-order valence-electron chi connectivity index (χ1n) is 8.42. The summed E-state index contributed by atoms with van der Waals surface area (Å²) in [5.41, 5.74) is 1.73. The zero-order valence-corrected chi connectivity index (χ0v) is 15.3. The van der Waals surface area contributed by atoms with Gasteiger partial charge < -0.3 is 14.4 Å². The minimum Gasteiger partial charge on any atom is -0.382 e. The molecule has 1 fully saturated rings. The monoisotopic (exact) mass is 356 g/mol. The van der Waals surface area contributed by atoms with Gasteiger partial charge in [-0.2, -0.15) is 0 Å². The average Bonchev–Trinajstić information content (AvgIpc) is 2.56. The number of ether oxygens (including phenoxy) is 2. The summed E-state index contributed by atoms with van der Waals surface area (Å²) in [7, 11) is -1.82. The lowest BCUT2D eigenvalue weighted by molar-refractivity contribution is 0.0785. The Morgan fingerprint density at radius 1 is 1.12 bits per heavy atom. The van der Waals surface area contributed by atoms with E-state index < -0.39 is 10.0 Å². The maximum absolute atomic E-state index is 12.0. The van der Waals surface area contributed by atoms with Crippen LogP contribution in [-0.4, -0.2) is 54.2 Å². The van der Waals surface area contributed by atoms with Crippen molar-refractivity contribution < 1.29 is 17.9 Å². The smallest absolute Gasteiger partial charge is 0.234 e. The summed E-state index contributed by atoms with van der Waals surface area (Å²) >= 11 is 0. The molecule has 6 nitrogen and oxygen atoms in total. The van der Waals surface area contributed by atoms with E-state index in [1.807, 2.05) is 24.3 Å². The van der Waals surface area contributed by atoms with E-state index in [2.05, 4.69) is 16.5 Å². The molecule has 0 radical (unpaired) electrons. The highest BCUT2D eigenvalue weighted by molar-refractivity contribution is 7.92. The van der Waals surface area contributed by atoms with Gasteiger partial charge in [-0.15, -0.1) is 0 Å². The van der Waals surface area contributed by atoms with Crippen molar-refractivity contribution in [1.29, 1.82) is 0 Å². The number of sulfonamides is 1. The fourth-order valence-electron chi connectivity index (χ4n) is 2.65. The van der Waals surface area contributed by atoms with Gasteiger partial charge in [-0.1, -0.05) is 6.92 Å². The average molecular weight is 356 g/mol. The quantitative estimate of drug-likeness (QED) is 0.688. The van der Waals surface area contributed by atoms with E-state index in [0.717, 1.165) is 24.7 Å². The van der Waals surface area contributed by atoms with Gasteiger partial charge >= 0.3 is 0 Å². The summed E-state index contributed by atoms with van der Waals surface area (Å²) in [5.74, 6) is 0.723. The van der Waals surface area contributed by atoms with E-state index in [1.165, 1.54) is 12.8 Å². The third-order valence-corrected chi connectivity index (χ3v) is 5.47. The van der Waals surface area contributed by atoms with Crippen molar-refractivity contribution in [3.05, 3.63) is 24.3 Å². The standard InChI is InChI=1S/C17H28N2O4S/c1-15-7-9-19(10-8-15)17-5-3-16(4-6-17)18-24(20,21)14-13-23-12-11-22-2/h3-6,15,18H,7-14H2,1-2H3. The Labute approximate surface area is 145 Å². The van der Waals surface area contributed by atoms with Crippen molar-refractivity contribution >= 4 is 21.4 Å². The third-order valence-electron chi connectivity index (χ3n) is 4.22. The van der Waals surface area contributed by atoms with Crippen LogP contribution in [0.2, 0.25) is 0 Å². The molecule has 136 valence electrons. The Bertz CT molecular complexity index is 581. The summed E-state index contributed by atoms with van der Waals surface area (Å²) in [4.78, 5) is 2.35. The van der Waals surface area contributed by atoms with Crippen molar-refractivity contribution in [3.8, 4) is 0 Å². The van der Waals surface area contributed by atoms with Crippen LogP contribution >= 0.6 is 0 Å². The van der Waals surface area contributed by atoms with Crippen LogP contribution in [0.25, 0.3) is 0 Å². The molecule has 1 N–H and O–H groups in total. The summed E-state index contributed by atoms with van der Waals surface area (Å²) < 4.78 is 36.7. The Hall–Kier alpha value is -1.31. The van der Waals surface area contributed by atoms with Crippen LogP contribution in [0.4, 0.5) is 11.4 Å². The number of benzene rings is 1. The molecule has 1 saturated heterocycles. The van der Waals surface area contributed by atoms with Gasteiger partial charge in [-0.3, -0.25) is 4.72 Å². The zero-order valence-electron chi connectivity index (χ0n) is 14.5. The molecule has 7 heteroatoms. The van der Waals surface area contributed by atoms with Crippen LogP contribution in [-0.2, 0) is 19.5 Å². The summed E-state index contributed by atoms with van der Waals surface area (Å²) in [5, 5.41) is 0. The zero-order chi connectivity index (χ0) is 17.4. The lowest BCUT2D eigenvalue weighted by atomic mass is 9.99. The molecular formula is C17H28N2O4S. The number of methoxy groups -OCH3 is 1. The molecule has 2 rings (SSSR count). The Balaban J connectivity index is 1.82. The first-order valence-corrected chi connectivity index (χ1v) is 10.1. The maximum atomic E-state index is 12.0. The van der Waals surface area contributed by atoms with Crippen molar-refractivity contribution in [2.45, 2.75) is 19.8 Å². The summed E-state index contributed by atoms with van der Waals surface area (Å²) in [6, 6.07) is 7.58. The molecule has 0 amide bonds. The molecule has 0 saturated carbocycles. The fourth-order valence-corrected chi connectivity index (χ4v) is 3.59. The Morgan fingerprint density at radius 3 is 2.42 bits per heavy atom. The predicted octanol–water partition coefficient (Wildman–Crippen LogP) is 2.33. The van der Waals surface area contributed by atoms with Gasteiger partial charge in [0.15, 0.2) is 0 Å². The van der Waals surface area contributed by atoms with Crippen LogP contribution in [0, 0.1) is 5.92 Å². The van der Waals surface area contributed by atoms with Crippen molar-refractivity contribution in [2.75, 3.05) is 55.4 Å². The number of hydrogen-bond donors (Lipinski definition) is 1. The van der Waals surface area contributed by atoms with Crippen LogP contribution in [0.1, 0.15) is 19.8 Å². The molecule has 0 aromatic heterocycles. The first kappa shape index (κ1) is 19.0. The molecule has 0 aliphatic carbocycles. The molecule has 0 atom stereocenters. The van der Waals surface area contributed by atoms with Gasteiger partial charge in [0.25, 0.3) is 0 Å². The topological polar surface area (TPSA) is 67.9 Å². The van der Waals surface area contributed by atoms with Crippen LogP contribution in [0.5, 0.6) is 0 Å². The number of nitrogens with zero attached hydrogens (tertiary/aromatic N) is 1. The fraction of sp³-hybridized carbons (Fsp3) is 0.647. The van der Waals surface area contributed by atoms with E-state index in [9.17, 15) is 8.42 Å². The predicted molar refractivity (Wildman–Crippen MR) is 97.2 cm³/mol. The van der Waals surface area contributed by atoms with E-state index in [0.29, 0.717) is 18.9 Å². The van der Waals surface area contributed by atoms with Gasteiger partial charge in [-0.05, 0) is 43.0 Å². The number of rotatable bonds is 9. The minimum absolute atomic E-state index is 0.0670. The molecule has 1 aromatic rings. The van der Waals surface area contributed by atoms with E-state index in [-0.39, 0.29) is 12.4 Å². The highest BCUT2D eigenvalue weighted by Gasteiger charge is 2.16. The van der Waals surface area contributed by atoms with Gasteiger partial charge in [0.05, 0.1) is 25.6 Å². The third kappa shape index (κ3) is 6.30. The number of nitrogens with one attached hydrogen (secondary N) is 1. The van der Waals surface area contributed by atoms with Gasteiger partial charge in [-0.25, -0.2) is 8.42 Å². The second kappa shape index (κ2) is 9.25. The molecule has 1 aromatic carbocycles. The van der Waals surface area contributed by atoms with Crippen molar-refractivity contribution in [2.24, 2.45) is 5.92 Å². The van der Waals surface area contributed by atoms with Crippen LogP contribution in [0.15, 0.2) is 24.3 Å². The second-order valence-corrected chi connectivity index (χ2v) is 8.08. The highest BCUT2D eigenvalue weighted by atomic mass is 32.2. The Morgan fingerprint density at radius 2 is 1.79 bits per heavy atom. The first-order chi connectivity index (χ1) is 11.5. The van der Waals surface area contributed by atoms with Crippen molar-refractivity contribution in [1.82, 2.24) is 0 Å². The van der Waals surface area contributed by atoms with E-state index in [1.54, 1.807) is 7.11 Å². The lowest BCUT2D eigenvalue weighted by Crippen LogP contribution is -2.32. The lowest BCUT2D eigenvalue weighted by Gasteiger charge is -2.32. The summed E-state index contributed by atoms with van der Waals surface area (Å²) in [6.45, 7) is 5.42. The largest absolute Gasteiger partial charge is 0.382 e. The SMILES string of the molecule is COCCOCCS(=O)(=O)Nc1ccc(N2CCC(C)CC2)cc1. The van der Waals surface area contributed by atoms with Gasteiger partial charge in [0.2, 0.25) is 10.0 Å².